The summed E-state index contributed by atoms with van der Waals surface area (Å²) in [6.45, 7) is 2.47. The predicted molar refractivity (Wildman–Crippen MR) is 111 cm³/mol. The van der Waals surface area contributed by atoms with Crippen LogP contribution < -0.4 is 4.74 Å². The molecule has 2 saturated heterocycles. The van der Waals surface area contributed by atoms with Crippen LogP contribution in [-0.2, 0) is 10.0 Å². The number of benzene rings is 1. The Morgan fingerprint density at radius 3 is 2.57 bits per heavy atom. The van der Waals surface area contributed by atoms with E-state index in [0.717, 1.165) is 12.6 Å². The summed E-state index contributed by atoms with van der Waals surface area (Å²) < 4.78 is 47.1. The highest BCUT2D eigenvalue weighted by Crippen LogP contribution is 2.45. The molecule has 0 bridgehead atoms. The molecule has 3 rings (SSSR count). The van der Waals surface area contributed by atoms with Crippen LogP contribution in [0, 0.1) is 17.2 Å². The number of sulfonamides is 1. The van der Waals surface area contributed by atoms with Crippen LogP contribution in [0.4, 0.5) is 9.18 Å². The molecule has 1 aromatic carbocycles. The number of nitrogens with zero attached hydrogens (tertiary/aromatic N) is 4. The second kappa shape index (κ2) is 8.32. The molecule has 2 fully saturated rings. The van der Waals surface area contributed by atoms with Gasteiger partial charge in [-0.25, -0.2) is 17.6 Å². The molecule has 2 heterocycles. The number of hydrogen-bond acceptors (Lipinski definition) is 5. The first-order valence-corrected chi connectivity index (χ1v) is 11.4. The molecule has 0 saturated carbocycles. The quantitative estimate of drug-likeness (QED) is 0.689. The number of amides is 2. The average molecular weight is 443 g/mol. The van der Waals surface area contributed by atoms with Crippen LogP contribution in [-0.4, -0.2) is 101 Å². The van der Waals surface area contributed by atoms with E-state index in [-0.39, 0.29) is 34.6 Å². The Morgan fingerprint density at radius 1 is 1.27 bits per heavy atom. The maximum Gasteiger partial charge on any atom is 0.319 e. The molecule has 30 heavy (non-hydrogen) atoms. The molecular formula is C20H31FN4O4S. The zero-order valence-electron chi connectivity index (χ0n) is 18.3. The Bertz CT molecular complexity index is 908. The van der Waals surface area contributed by atoms with Crippen molar-refractivity contribution in [1.29, 1.82) is 0 Å². The number of carbonyl (C=O) groups is 1. The van der Waals surface area contributed by atoms with Gasteiger partial charge in [0.2, 0.25) is 10.0 Å². The number of halogens is 1. The zero-order valence-corrected chi connectivity index (χ0v) is 19.1. The molecule has 10 heteroatoms. The number of rotatable bonds is 5. The smallest absolute Gasteiger partial charge is 0.319 e. The molecule has 0 unspecified atom stereocenters. The second-order valence-electron chi connectivity index (χ2n) is 8.76. The average Bonchev–Trinajstić information content (AvgIpc) is 3.04. The fourth-order valence-electron chi connectivity index (χ4n) is 4.78. The van der Waals surface area contributed by atoms with Crippen molar-refractivity contribution >= 4 is 16.1 Å². The lowest BCUT2D eigenvalue weighted by Crippen LogP contribution is -2.52. The second-order valence-corrected chi connectivity index (χ2v) is 10.7. The van der Waals surface area contributed by atoms with E-state index in [1.165, 1.54) is 23.5 Å². The van der Waals surface area contributed by atoms with E-state index in [4.69, 9.17) is 4.74 Å². The minimum atomic E-state index is -3.93. The summed E-state index contributed by atoms with van der Waals surface area (Å²) in [6.07, 6.45) is 0.629. The fraction of sp³-hybridized carbons (Fsp3) is 0.650. The molecule has 1 aromatic rings. The molecule has 2 amide bonds. The molecule has 0 N–H and O–H groups in total. The van der Waals surface area contributed by atoms with Crippen LogP contribution in [0.1, 0.15) is 6.42 Å². The lowest BCUT2D eigenvalue weighted by Gasteiger charge is -2.44. The Kier molecular flexibility index (Phi) is 6.31. The number of urea groups is 1. The topological polar surface area (TPSA) is 73.4 Å². The Balaban J connectivity index is 1.91. The molecule has 8 nitrogen and oxygen atoms in total. The van der Waals surface area contributed by atoms with Gasteiger partial charge in [0.1, 0.15) is 16.5 Å². The molecule has 0 radical (unpaired) electrons. The van der Waals surface area contributed by atoms with Crippen molar-refractivity contribution in [1.82, 2.24) is 19.0 Å². The number of ether oxygens (including phenoxy) is 1. The summed E-state index contributed by atoms with van der Waals surface area (Å²) in [5.41, 5.74) is -0.173. The minimum absolute atomic E-state index is 0.00752. The predicted octanol–water partition coefficient (Wildman–Crippen LogP) is 1.39. The number of likely N-dealkylation sites (tertiary alicyclic amines) is 1. The molecule has 168 valence electrons. The van der Waals surface area contributed by atoms with Crippen molar-refractivity contribution in [3.63, 3.8) is 0 Å². The van der Waals surface area contributed by atoms with Gasteiger partial charge in [0, 0.05) is 52.2 Å². The highest BCUT2D eigenvalue weighted by atomic mass is 32.2. The first-order valence-electron chi connectivity index (χ1n) is 9.95. The van der Waals surface area contributed by atoms with Crippen molar-refractivity contribution in [3.05, 3.63) is 24.0 Å². The summed E-state index contributed by atoms with van der Waals surface area (Å²) in [7, 11) is 4.85. The van der Waals surface area contributed by atoms with Crippen molar-refractivity contribution in [2.45, 2.75) is 11.3 Å². The van der Waals surface area contributed by atoms with Gasteiger partial charge in [-0.3, -0.25) is 0 Å². The largest absolute Gasteiger partial charge is 0.495 e. The SMILES string of the molecule is COc1ccc(F)cc1S(=O)(=O)N1CC[C@]2(CN(C)C)CN(C(=O)N(C)C)C[C@@H]2C1. The van der Waals surface area contributed by atoms with E-state index in [2.05, 4.69) is 4.90 Å². The molecule has 0 spiro atoms. The zero-order chi connectivity index (χ0) is 22.3. The van der Waals surface area contributed by atoms with Crippen molar-refractivity contribution in [3.8, 4) is 5.75 Å². The first-order chi connectivity index (χ1) is 14.0. The van der Waals surface area contributed by atoms with Gasteiger partial charge < -0.3 is 19.4 Å². The van der Waals surface area contributed by atoms with Gasteiger partial charge in [-0.1, -0.05) is 0 Å². The minimum Gasteiger partial charge on any atom is -0.495 e. The number of piperidine rings is 1. The van der Waals surface area contributed by atoms with Gasteiger partial charge in [0.15, 0.2) is 0 Å². The van der Waals surface area contributed by atoms with Crippen LogP contribution >= 0.6 is 0 Å². The third-order valence-electron chi connectivity index (χ3n) is 6.12. The maximum atomic E-state index is 13.8. The van der Waals surface area contributed by atoms with Gasteiger partial charge in [-0.05, 0) is 44.6 Å². The van der Waals surface area contributed by atoms with E-state index < -0.39 is 15.8 Å². The molecule has 2 aliphatic rings. The van der Waals surface area contributed by atoms with Gasteiger partial charge in [0.25, 0.3) is 0 Å². The standard InChI is InChI=1S/C20H31FN4O4S/c1-22(2)13-20-8-9-25(12-15(20)11-24(14-20)19(26)23(3)4)30(27,28)18-10-16(21)6-7-17(18)29-5/h6-7,10,15H,8-9,11-14H2,1-5H3/t15-,20+/m1/s1. The normalized spacial score (nSPS) is 24.8. The molecule has 2 atom stereocenters. The number of hydrogen-bond donors (Lipinski definition) is 0. The van der Waals surface area contributed by atoms with Crippen LogP contribution in [0.3, 0.4) is 0 Å². The number of methoxy groups -OCH3 is 1. The molecule has 0 aromatic heterocycles. The van der Waals surface area contributed by atoms with Gasteiger partial charge >= 0.3 is 6.03 Å². The van der Waals surface area contributed by atoms with Gasteiger partial charge in [0.05, 0.1) is 7.11 Å². The summed E-state index contributed by atoms with van der Waals surface area (Å²) in [5.74, 6) is -0.513. The Labute approximate surface area is 178 Å². The maximum absolute atomic E-state index is 13.8. The molecular weight excluding hydrogens is 411 g/mol. The highest BCUT2D eigenvalue weighted by molar-refractivity contribution is 7.89. The first kappa shape index (κ1) is 22.8. The van der Waals surface area contributed by atoms with E-state index >= 15 is 0 Å². The number of carbonyl (C=O) groups excluding carboxylic acids is 1. The molecule has 0 aliphatic carbocycles. The molecule has 2 aliphatic heterocycles. The summed E-state index contributed by atoms with van der Waals surface area (Å²) in [5, 5.41) is 0. The lowest BCUT2D eigenvalue weighted by molar-refractivity contribution is 0.0813. The summed E-state index contributed by atoms with van der Waals surface area (Å²) in [6, 6.07) is 3.45. The van der Waals surface area contributed by atoms with Crippen molar-refractivity contribution in [2.75, 3.05) is 68.0 Å². The van der Waals surface area contributed by atoms with Crippen LogP contribution in [0.2, 0.25) is 0 Å². The monoisotopic (exact) mass is 442 g/mol. The summed E-state index contributed by atoms with van der Waals surface area (Å²) >= 11 is 0. The van der Waals surface area contributed by atoms with E-state index in [1.54, 1.807) is 19.0 Å². The van der Waals surface area contributed by atoms with Crippen LogP contribution in [0.15, 0.2) is 23.1 Å². The van der Waals surface area contributed by atoms with E-state index in [9.17, 15) is 17.6 Å². The number of fused-ring (bicyclic) bond motifs is 1. The highest BCUT2D eigenvalue weighted by Gasteiger charge is 2.52. The third kappa shape index (κ3) is 4.13. The third-order valence-corrected chi connectivity index (χ3v) is 8.01. The van der Waals surface area contributed by atoms with Gasteiger partial charge in [-0.2, -0.15) is 4.31 Å². The van der Waals surface area contributed by atoms with E-state index in [0.29, 0.717) is 26.1 Å². The Hall–Kier alpha value is -1.91. The fourth-order valence-corrected chi connectivity index (χ4v) is 6.43. The van der Waals surface area contributed by atoms with Crippen molar-refractivity contribution in [2.24, 2.45) is 11.3 Å². The lowest BCUT2D eigenvalue weighted by atomic mass is 9.73. The van der Waals surface area contributed by atoms with Crippen LogP contribution in [0.5, 0.6) is 5.75 Å². The van der Waals surface area contributed by atoms with Crippen LogP contribution in [0.25, 0.3) is 0 Å². The Morgan fingerprint density at radius 2 is 1.97 bits per heavy atom. The van der Waals surface area contributed by atoms with Crippen molar-refractivity contribution < 1.29 is 22.3 Å². The van der Waals surface area contributed by atoms with E-state index in [1.807, 2.05) is 19.0 Å². The summed E-state index contributed by atoms with van der Waals surface area (Å²) in [4.78, 5) is 17.9. The van der Waals surface area contributed by atoms with Gasteiger partial charge in [-0.15, -0.1) is 0 Å².